The standard InChI is InChI=1S/C39H35ClF7N9O3S/c1-19-15-38(43,44)36-31(19)35(39(45,46)47)51-56(36)17-30(58)50-27(13-20-11-21(41)14-22(42)12-20)33-24(7-5-23(49-33)6-10-29(57)28-16-54(2)18-48-28)25-8-9-26(40)32-34(25)55(3)52-37(32)53-60(4)59/h5,7-9,11-12,14,18-19,27-29,57H,13,15-17H2,1-4H3,(H,50,58)(H,52,53)/t19-,27-,28?,29-,60?/m0/s1. The number of hydrogen-bond acceptors (Lipinski definition) is 8. The van der Waals surface area contributed by atoms with Gasteiger partial charge in [0.1, 0.15) is 52.7 Å². The molecule has 316 valence electrons. The second kappa shape index (κ2) is 16.2. The molecule has 3 N–H and O–H groups in total. The Hall–Kier alpha value is -5.52. The van der Waals surface area contributed by atoms with Crippen LogP contribution in [0.25, 0.3) is 22.0 Å². The summed E-state index contributed by atoms with van der Waals surface area (Å²) < 4.78 is 119. The van der Waals surface area contributed by atoms with E-state index in [4.69, 9.17) is 16.6 Å². The number of aliphatic imine (C=N–C) groups is 1. The number of aryl methyl sites for hydroxylation is 1. The summed E-state index contributed by atoms with van der Waals surface area (Å²) in [6, 6.07) is 6.92. The van der Waals surface area contributed by atoms with E-state index in [1.165, 1.54) is 30.0 Å². The molecule has 0 saturated carbocycles. The van der Waals surface area contributed by atoms with E-state index in [0.717, 1.165) is 12.1 Å². The third-order valence-corrected chi connectivity index (χ3v) is 10.8. The van der Waals surface area contributed by atoms with Gasteiger partial charge >= 0.3 is 6.18 Å². The van der Waals surface area contributed by atoms with Gasteiger partial charge in [0.15, 0.2) is 11.5 Å². The van der Waals surface area contributed by atoms with Crippen LogP contribution in [0.15, 0.2) is 47.5 Å². The van der Waals surface area contributed by atoms with Gasteiger partial charge in [-0.15, -0.1) is 0 Å². The first kappa shape index (κ1) is 42.6. The van der Waals surface area contributed by atoms with Gasteiger partial charge in [0.25, 0.3) is 5.92 Å². The molecule has 1 aliphatic heterocycles. The number of rotatable bonds is 10. The summed E-state index contributed by atoms with van der Waals surface area (Å²) in [4.78, 5) is 24.7. The van der Waals surface area contributed by atoms with Gasteiger partial charge in [0.05, 0.1) is 34.0 Å². The number of aliphatic hydroxyl groups is 1. The van der Waals surface area contributed by atoms with Crippen LogP contribution in [0.1, 0.15) is 59.2 Å². The first-order chi connectivity index (χ1) is 28.2. The van der Waals surface area contributed by atoms with Gasteiger partial charge in [-0.05, 0) is 54.2 Å². The zero-order chi connectivity index (χ0) is 43.4. The van der Waals surface area contributed by atoms with Crippen LogP contribution in [0.2, 0.25) is 5.02 Å². The fourth-order valence-corrected chi connectivity index (χ4v) is 8.30. The molecule has 1 amide bonds. The fourth-order valence-electron chi connectivity index (χ4n) is 7.65. The molecular weight excluding hydrogens is 843 g/mol. The van der Waals surface area contributed by atoms with Gasteiger partial charge in [-0.3, -0.25) is 23.9 Å². The summed E-state index contributed by atoms with van der Waals surface area (Å²) in [5.41, 5.74) is -2.14. The number of carbonyl (C=O) groups excluding carboxylic acids is 1. The van der Waals surface area contributed by atoms with E-state index in [1.807, 2.05) is 0 Å². The molecule has 0 bridgehead atoms. The molecule has 2 aliphatic rings. The number of nitrogens with zero attached hydrogens (tertiary/aromatic N) is 7. The number of amides is 1. The van der Waals surface area contributed by atoms with E-state index >= 15 is 8.78 Å². The van der Waals surface area contributed by atoms with E-state index < -0.39 is 94.6 Å². The van der Waals surface area contributed by atoms with Gasteiger partial charge in [-0.2, -0.15) is 32.1 Å². The van der Waals surface area contributed by atoms with Crippen molar-refractivity contribution in [3.8, 4) is 23.0 Å². The summed E-state index contributed by atoms with van der Waals surface area (Å²) in [7, 11) is 1.79. The number of anilines is 1. The van der Waals surface area contributed by atoms with Crippen LogP contribution in [-0.2, 0) is 47.9 Å². The van der Waals surface area contributed by atoms with Crippen molar-refractivity contribution < 1.29 is 44.8 Å². The number of hydrogen-bond donors (Lipinski definition) is 3. The van der Waals surface area contributed by atoms with E-state index in [-0.39, 0.29) is 39.8 Å². The van der Waals surface area contributed by atoms with Gasteiger partial charge in [0, 0.05) is 56.1 Å². The molecule has 0 saturated heterocycles. The summed E-state index contributed by atoms with van der Waals surface area (Å²) >= 11 is 6.64. The number of fused-ring (bicyclic) bond motifs is 2. The van der Waals surface area contributed by atoms with Gasteiger partial charge in [-0.1, -0.05) is 30.5 Å². The number of pyridine rings is 1. The Kier molecular flexibility index (Phi) is 11.5. The molecule has 5 aromatic rings. The number of benzene rings is 2. The third kappa shape index (κ3) is 8.56. The lowest BCUT2D eigenvalue weighted by atomic mass is 9.93. The molecule has 7 rings (SSSR count). The zero-order valence-electron chi connectivity index (χ0n) is 32.1. The highest BCUT2D eigenvalue weighted by molar-refractivity contribution is 7.85. The highest BCUT2D eigenvalue weighted by Crippen LogP contribution is 2.52. The van der Waals surface area contributed by atoms with Gasteiger partial charge in [-0.25, -0.2) is 18.0 Å². The van der Waals surface area contributed by atoms with Crippen LogP contribution in [-0.4, -0.2) is 83.0 Å². The van der Waals surface area contributed by atoms with Crippen LogP contribution in [0.5, 0.6) is 0 Å². The number of aliphatic hydroxyl groups excluding tert-OH is 1. The Morgan fingerprint density at radius 2 is 1.80 bits per heavy atom. The Morgan fingerprint density at radius 3 is 2.45 bits per heavy atom. The van der Waals surface area contributed by atoms with Crippen LogP contribution in [0, 0.1) is 23.5 Å². The SMILES string of the molecule is C[C@H]1CC(F)(F)c2c1c(C(F)(F)F)nn2CC(=O)N[C@@H](Cc1cc(F)cc(F)c1)c1nc(C#C[C@H](O)C2CN(C)C=N2)ccc1-c1ccc(Cl)c2c(NS(C)=O)nn(C)c12. The van der Waals surface area contributed by atoms with Crippen molar-refractivity contribution >= 4 is 51.6 Å². The number of aromatic nitrogens is 5. The van der Waals surface area contributed by atoms with E-state index in [0.29, 0.717) is 33.8 Å². The summed E-state index contributed by atoms with van der Waals surface area (Å²) in [6.07, 6.45) is -4.69. The predicted molar refractivity (Wildman–Crippen MR) is 210 cm³/mol. The molecule has 3 aromatic heterocycles. The molecule has 2 aromatic carbocycles. The minimum absolute atomic E-state index is 0.00644. The normalized spacial score (nSPS) is 18.6. The summed E-state index contributed by atoms with van der Waals surface area (Å²) in [6.45, 7) is 0.510. The topological polar surface area (TPSA) is 143 Å². The minimum Gasteiger partial charge on any atom is -0.378 e. The van der Waals surface area contributed by atoms with Crippen LogP contribution in [0.3, 0.4) is 0 Å². The van der Waals surface area contributed by atoms with Crippen molar-refractivity contribution in [2.45, 2.75) is 62.5 Å². The fraction of sp³-hybridized carbons (Fsp3) is 0.359. The van der Waals surface area contributed by atoms with Crippen molar-refractivity contribution in [1.29, 1.82) is 0 Å². The Labute approximate surface area is 345 Å². The number of likely N-dealkylation sites (N-methyl/N-ethyl adjacent to an activating group) is 1. The summed E-state index contributed by atoms with van der Waals surface area (Å²) in [5, 5.41) is 21.9. The molecule has 5 atom stereocenters. The highest BCUT2D eigenvalue weighted by Gasteiger charge is 2.53. The maximum absolute atomic E-state index is 15.3. The molecule has 2 unspecified atom stereocenters. The molecule has 0 fully saturated rings. The number of nitrogens with one attached hydrogen (secondary N) is 2. The lowest BCUT2D eigenvalue weighted by molar-refractivity contribution is -0.142. The molecule has 0 spiro atoms. The van der Waals surface area contributed by atoms with Crippen molar-refractivity contribution in [2.75, 3.05) is 24.6 Å². The maximum atomic E-state index is 15.3. The minimum atomic E-state index is -5.10. The quantitative estimate of drug-likeness (QED) is 0.111. The van der Waals surface area contributed by atoms with Crippen LogP contribution < -0.4 is 10.0 Å². The van der Waals surface area contributed by atoms with Crippen molar-refractivity contribution in [3.63, 3.8) is 0 Å². The number of alkyl halides is 5. The number of halogens is 8. The predicted octanol–water partition coefficient (Wildman–Crippen LogP) is 6.24. The van der Waals surface area contributed by atoms with E-state index in [9.17, 15) is 36.1 Å². The molecule has 60 heavy (non-hydrogen) atoms. The molecule has 21 heteroatoms. The second-order valence-corrected chi connectivity index (χ2v) is 16.2. The molecule has 4 heterocycles. The lowest BCUT2D eigenvalue weighted by Crippen LogP contribution is -2.35. The van der Waals surface area contributed by atoms with Crippen LogP contribution >= 0.6 is 11.6 Å². The first-order valence-corrected chi connectivity index (χ1v) is 20.1. The first-order valence-electron chi connectivity index (χ1n) is 18.2. The lowest BCUT2D eigenvalue weighted by Gasteiger charge is -2.23. The monoisotopic (exact) mass is 877 g/mol. The Bertz CT molecular complexity index is 2620. The average molecular weight is 878 g/mol. The van der Waals surface area contributed by atoms with E-state index in [1.54, 1.807) is 37.5 Å². The molecule has 0 radical (unpaired) electrons. The van der Waals surface area contributed by atoms with Crippen LogP contribution in [0.4, 0.5) is 36.6 Å². The van der Waals surface area contributed by atoms with Crippen molar-refractivity contribution in [3.05, 3.63) is 93.0 Å². The van der Waals surface area contributed by atoms with E-state index in [2.05, 4.69) is 37.1 Å². The van der Waals surface area contributed by atoms with Crippen molar-refractivity contribution in [2.24, 2.45) is 12.0 Å². The van der Waals surface area contributed by atoms with Gasteiger partial charge in [0.2, 0.25) is 5.91 Å². The van der Waals surface area contributed by atoms with Crippen molar-refractivity contribution in [1.82, 2.24) is 34.8 Å². The third-order valence-electron chi connectivity index (χ3n) is 10.0. The highest BCUT2D eigenvalue weighted by atomic mass is 35.5. The largest absolute Gasteiger partial charge is 0.435 e. The second-order valence-electron chi connectivity index (χ2n) is 14.6. The molecule has 1 aliphatic carbocycles. The smallest absolute Gasteiger partial charge is 0.378 e. The number of carbonyl (C=O) groups is 1. The Balaban J connectivity index is 1.38. The molecule has 12 nitrogen and oxygen atoms in total. The zero-order valence-corrected chi connectivity index (χ0v) is 33.7. The average Bonchev–Trinajstić information content (AvgIpc) is 3.90. The molecular formula is C39H35ClF7N9O3S. The Morgan fingerprint density at radius 1 is 1.10 bits per heavy atom. The maximum Gasteiger partial charge on any atom is 0.435 e. The van der Waals surface area contributed by atoms with Gasteiger partial charge < -0.3 is 15.3 Å². The summed E-state index contributed by atoms with van der Waals surface area (Å²) in [5.74, 6) is -2.27.